The molecule has 2 rings (SSSR count). The fourth-order valence-corrected chi connectivity index (χ4v) is 2.65. The third-order valence-corrected chi connectivity index (χ3v) is 3.94. The van der Waals surface area contributed by atoms with E-state index in [0.29, 0.717) is 6.07 Å². The average molecular weight is 290 g/mol. The second-order valence-corrected chi connectivity index (χ2v) is 5.34. The summed E-state index contributed by atoms with van der Waals surface area (Å²) in [5, 5.41) is 0. The minimum absolute atomic E-state index is 0.126. The largest absolute Gasteiger partial charge is 0.416 e. The lowest BCUT2D eigenvalue weighted by Crippen LogP contribution is -2.39. The third-order valence-electron chi connectivity index (χ3n) is 3.94. The first-order valence-electron chi connectivity index (χ1n) is 6.64. The maximum absolute atomic E-state index is 13.9. The van der Waals surface area contributed by atoms with E-state index in [2.05, 4.69) is 0 Å². The SMILES string of the molecule is CN(c1ccc(C(F)(F)F)cc1F)C1CCC(N)CC1. The van der Waals surface area contributed by atoms with Gasteiger partial charge < -0.3 is 10.6 Å². The van der Waals surface area contributed by atoms with Crippen LogP contribution < -0.4 is 10.6 Å². The molecular formula is C14H18F4N2. The van der Waals surface area contributed by atoms with Gasteiger partial charge >= 0.3 is 6.18 Å². The first-order chi connectivity index (χ1) is 9.29. The Morgan fingerprint density at radius 3 is 2.25 bits per heavy atom. The van der Waals surface area contributed by atoms with Crippen molar-refractivity contribution in [2.24, 2.45) is 5.73 Å². The predicted molar refractivity (Wildman–Crippen MR) is 70.0 cm³/mol. The molecule has 0 aromatic heterocycles. The number of benzene rings is 1. The summed E-state index contributed by atoms with van der Waals surface area (Å²) < 4.78 is 51.4. The molecule has 0 radical (unpaired) electrons. The second kappa shape index (κ2) is 5.60. The summed E-state index contributed by atoms with van der Waals surface area (Å²) in [5.74, 6) is -0.836. The zero-order valence-electron chi connectivity index (χ0n) is 11.3. The van der Waals surface area contributed by atoms with Gasteiger partial charge in [-0.25, -0.2) is 4.39 Å². The summed E-state index contributed by atoms with van der Waals surface area (Å²) in [6.45, 7) is 0. The summed E-state index contributed by atoms with van der Waals surface area (Å²) in [4.78, 5) is 1.72. The van der Waals surface area contributed by atoms with Gasteiger partial charge in [0.25, 0.3) is 0 Å². The molecule has 0 saturated heterocycles. The van der Waals surface area contributed by atoms with E-state index in [9.17, 15) is 17.6 Å². The molecule has 0 unspecified atom stereocenters. The van der Waals surface area contributed by atoms with E-state index in [1.165, 1.54) is 6.07 Å². The van der Waals surface area contributed by atoms with E-state index in [4.69, 9.17) is 5.73 Å². The summed E-state index contributed by atoms with van der Waals surface area (Å²) in [7, 11) is 1.72. The average Bonchev–Trinajstić information content (AvgIpc) is 2.37. The molecule has 0 aliphatic heterocycles. The molecule has 1 fully saturated rings. The molecule has 20 heavy (non-hydrogen) atoms. The summed E-state index contributed by atoms with van der Waals surface area (Å²) >= 11 is 0. The van der Waals surface area contributed by atoms with Crippen molar-refractivity contribution in [3.63, 3.8) is 0 Å². The number of rotatable bonds is 2. The molecule has 1 aliphatic carbocycles. The molecule has 0 bridgehead atoms. The lowest BCUT2D eigenvalue weighted by Gasteiger charge is -2.35. The van der Waals surface area contributed by atoms with Gasteiger partial charge in [0.2, 0.25) is 0 Å². The zero-order valence-corrected chi connectivity index (χ0v) is 11.3. The van der Waals surface area contributed by atoms with E-state index >= 15 is 0 Å². The van der Waals surface area contributed by atoms with E-state index in [0.717, 1.165) is 31.7 Å². The molecule has 1 saturated carbocycles. The fraction of sp³-hybridized carbons (Fsp3) is 0.571. The smallest absolute Gasteiger partial charge is 0.369 e. The Labute approximate surface area is 115 Å². The normalized spacial score (nSPS) is 23.7. The Balaban J connectivity index is 2.16. The van der Waals surface area contributed by atoms with E-state index in [-0.39, 0.29) is 17.8 Å². The first-order valence-corrected chi connectivity index (χ1v) is 6.64. The van der Waals surface area contributed by atoms with Crippen LogP contribution in [0.1, 0.15) is 31.2 Å². The van der Waals surface area contributed by atoms with Crippen LogP contribution in [0.25, 0.3) is 0 Å². The zero-order chi connectivity index (χ0) is 14.9. The summed E-state index contributed by atoms with van der Waals surface area (Å²) in [5.41, 5.74) is 5.06. The number of hydrogen-bond donors (Lipinski definition) is 1. The Bertz CT molecular complexity index is 465. The van der Waals surface area contributed by atoms with E-state index < -0.39 is 17.6 Å². The molecule has 2 nitrogen and oxygen atoms in total. The van der Waals surface area contributed by atoms with Crippen molar-refractivity contribution < 1.29 is 17.6 Å². The molecule has 6 heteroatoms. The highest BCUT2D eigenvalue weighted by Gasteiger charge is 2.32. The summed E-state index contributed by atoms with van der Waals surface area (Å²) in [6.07, 6.45) is -1.14. The molecule has 0 heterocycles. The van der Waals surface area contributed by atoms with Crippen molar-refractivity contribution >= 4 is 5.69 Å². The molecule has 0 atom stereocenters. The van der Waals surface area contributed by atoms with Crippen molar-refractivity contribution in [3.05, 3.63) is 29.6 Å². The standard InChI is InChI=1S/C14H18F4N2/c1-20(11-5-3-10(19)4-6-11)13-7-2-9(8-12(13)15)14(16,17)18/h2,7-8,10-11H,3-6,19H2,1H3. The molecule has 1 aliphatic rings. The van der Waals surface area contributed by atoms with Crippen LogP contribution in [-0.2, 0) is 6.18 Å². The Morgan fingerprint density at radius 2 is 1.75 bits per heavy atom. The second-order valence-electron chi connectivity index (χ2n) is 5.34. The van der Waals surface area contributed by atoms with Gasteiger partial charge in [-0.15, -0.1) is 0 Å². The van der Waals surface area contributed by atoms with Crippen LogP contribution in [0.15, 0.2) is 18.2 Å². The molecule has 1 aromatic rings. The van der Waals surface area contributed by atoms with Gasteiger partial charge in [-0.2, -0.15) is 13.2 Å². The number of hydrogen-bond acceptors (Lipinski definition) is 2. The maximum atomic E-state index is 13.9. The Kier molecular flexibility index (Phi) is 4.22. The lowest BCUT2D eigenvalue weighted by molar-refractivity contribution is -0.137. The van der Waals surface area contributed by atoms with Crippen molar-refractivity contribution in [3.8, 4) is 0 Å². The van der Waals surface area contributed by atoms with Gasteiger partial charge in [0.05, 0.1) is 11.3 Å². The Hall–Kier alpha value is -1.30. The van der Waals surface area contributed by atoms with E-state index in [1.807, 2.05) is 0 Å². The minimum Gasteiger partial charge on any atom is -0.369 e. The monoisotopic (exact) mass is 290 g/mol. The highest BCUT2D eigenvalue weighted by Crippen LogP contribution is 2.33. The van der Waals surface area contributed by atoms with Crippen LogP contribution in [0.5, 0.6) is 0 Å². The van der Waals surface area contributed by atoms with Gasteiger partial charge in [0.15, 0.2) is 0 Å². The number of alkyl halides is 3. The van der Waals surface area contributed by atoms with Gasteiger partial charge in [-0.3, -0.25) is 0 Å². The Morgan fingerprint density at radius 1 is 1.15 bits per heavy atom. The topological polar surface area (TPSA) is 29.3 Å². The van der Waals surface area contributed by atoms with Gasteiger partial charge in [-0.1, -0.05) is 0 Å². The van der Waals surface area contributed by atoms with Crippen molar-refractivity contribution in [2.45, 2.75) is 43.9 Å². The van der Waals surface area contributed by atoms with Crippen LogP contribution in [-0.4, -0.2) is 19.1 Å². The van der Waals surface area contributed by atoms with Crippen LogP contribution >= 0.6 is 0 Å². The molecular weight excluding hydrogens is 272 g/mol. The quantitative estimate of drug-likeness (QED) is 0.844. The highest BCUT2D eigenvalue weighted by molar-refractivity contribution is 5.50. The van der Waals surface area contributed by atoms with Crippen molar-refractivity contribution in [1.29, 1.82) is 0 Å². The molecule has 0 amide bonds. The third kappa shape index (κ3) is 3.23. The molecule has 2 N–H and O–H groups in total. The molecule has 1 aromatic carbocycles. The van der Waals surface area contributed by atoms with Crippen LogP contribution in [0.4, 0.5) is 23.2 Å². The van der Waals surface area contributed by atoms with E-state index in [1.54, 1.807) is 11.9 Å². The minimum atomic E-state index is -4.52. The number of nitrogens with two attached hydrogens (primary N) is 1. The van der Waals surface area contributed by atoms with Gasteiger partial charge in [0.1, 0.15) is 5.82 Å². The molecule has 0 spiro atoms. The number of nitrogens with zero attached hydrogens (tertiary/aromatic N) is 1. The maximum Gasteiger partial charge on any atom is 0.416 e. The highest BCUT2D eigenvalue weighted by atomic mass is 19.4. The van der Waals surface area contributed by atoms with Crippen LogP contribution in [0.3, 0.4) is 0 Å². The van der Waals surface area contributed by atoms with Crippen LogP contribution in [0.2, 0.25) is 0 Å². The van der Waals surface area contributed by atoms with Crippen molar-refractivity contribution in [1.82, 2.24) is 0 Å². The van der Waals surface area contributed by atoms with Crippen molar-refractivity contribution in [2.75, 3.05) is 11.9 Å². The summed E-state index contributed by atoms with van der Waals surface area (Å²) in [6, 6.07) is 2.98. The number of anilines is 1. The molecule has 112 valence electrons. The lowest BCUT2D eigenvalue weighted by atomic mass is 9.90. The first kappa shape index (κ1) is 15.1. The van der Waals surface area contributed by atoms with Crippen LogP contribution in [0, 0.1) is 5.82 Å². The van der Waals surface area contributed by atoms with Gasteiger partial charge in [-0.05, 0) is 43.9 Å². The van der Waals surface area contributed by atoms with Gasteiger partial charge in [0, 0.05) is 19.1 Å². The fourth-order valence-electron chi connectivity index (χ4n) is 2.65. The predicted octanol–water partition coefficient (Wildman–Crippen LogP) is 3.55. The number of halogens is 4.